The summed E-state index contributed by atoms with van der Waals surface area (Å²) < 4.78 is 5.28. The highest BCUT2D eigenvalue weighted by atomic mass is 16.5. The molecule has 0 amide bonds. The topological polar surface area (TPSA) is 55.3 Å². The number of hydrogen-bond acceptors (Lipinski definition) is 4. The Bertz CT molecular complexity index is 350. The molecular formula is C13H23N3O. The van der Waals surface area contributed by atoms with E-state index in [4.69, 9.17) is 10.3 Å². The van der Waals surface area contributed by atoms with Crippen LogP contribution in [0.4, 0.5) is 0 Å². The summed E-state index contributed by atoms with van der Waals surface area (Å²) in [6.45, 7) is 6.94. The Morgan fingerprint density at radius 1 is 1.59 bits per heavy atom. The number of nitrogens with zero attached hydrogens (tertiary/aromatic N) is 2. The van der Waals surface area contributed by atoms with Gasteiger partial charge in [0.15, 0.2) is 5.76 Å². The van der Waals surface area contributed by atoms with Crippen LogP contribution in [0.3, 0.4) is 0 Å². The van der Waals surface area contributed by atoms with E-state index < -0.39 is 0 Å². The number of aromatic nitrogens is 1. The number of hydrogen-bond donors (Lipinski definition) is 1. The van der Waals surface area contributed by atoms with Gasteiger partial charge in [-0.3, -0.25) is 4.90 Å². The van der Waals surface area contributed by atoms with Gasteiger partial charge in [0.25, 0.3) is 0 Å². The van der Waals surface area contributed by atoms with Crippen molar-refractivity contribution in [2.24, 2.45) is 11.7 Å². The molecule has 1 aliphatic heterocycles. The third-order valence-corrected chi connectivity index (χ3v) is 3.83. The zero-order valence-electron chi connectivity index (χ0n) is 10.9. The molecule has 0 saturated carbocycles. The van der Waals surface area contributed by atoms with Crippen LogP contribution in [-0.2, 0) is 6.54 Å². The Hall–Kier alpha value is -0.870. The molecule has 1 fully saturated rings. The van der Waals surface area contributed by atoms with E-state index in [0.717, 1.165) is 37.0 Å². The van der Waals surface area contributed by atoms with Crippen molar-refractivity contribution in [3.8, 4) is 0 Å². The third kappa shape index (κ3) is 3.07. The van der Waals surface area contributed by atoms with Gasteiger partial charge in [0.1, 0.15) is 0 Å². The molecule has 2 heterocycles. The second-order valence-corrected chi connectivity index (χ2v) is 5.09. The van der Waals surface area contributed by atoms with Crippen LogP contribution in [0.25, 0.3) is 0 Å². The fourth-order valence-electron chi connectivity index (χ4n) is 2.70. The van der Waals surface area contributed by atoms with E-state index in [1.54, 1.807) is 0 Å². The lowest BCUT2D eigenvalue weighted by Gasteiger charge is -2.38. The monoisotopic (exact) mass is 237 g/mol. The Kier molecular flexibility index (Phi) is 4.18. The fraction of sp³-hybridized carbons (Fsp3) is 0.769. The predicted octanol–water partition coefficient (Wildman–Crippen LogP) is 1.93. The normalized spacial score (nSPS) is 26.3. The zero-order valence-corrected chi connectivity index (χ0v) is 10.9. The molecule has 2 rings (SSSR count). The average molecular weight is 237 g/mol. The van der Waals surface area contributed by atoms with E-state index in [1.165, 1.54) is 19.3 Å². The van der Waals surface area contributed by atoms with Crippen molar-refractivity contribution in [3.05, 3.63) is 17.5 Å². The van der Waals surface area contributed by atoms with E-state index in [-0.39, 0.29) is 0 Å². The van der Waals surface area contributed by atoms with Gasteiger partial charge in [0, 0.05) is 18.7 Å². The molecule has 17 heavy (non-hydrogen) atoms. The van der Waals surface area contributed by atoms with Crippen LogP contribution in [0.15, 0.2) is 10.6 Å². The van der Waals surface area contributed by atoms with Gasteiger partial charge in [-0.15, -0.1) is 0 Å². The van der Waals surface area contributed by atoms with Crippen molar-refractivity contribution in [2.45, 2.75) is 45.7 Å². The summed E-state index contributed by atoms with van der Waals surface area (Å²) in [6, 6.07) is 2.51. The SMILES string of the molecule is CCC1CCN(Cc2cc(C)no2)C(CN)C1. The van der Waals surface area contributed by atoms with Crippen LogP contribution in [0.1, 0.15) is 37.6 Å². The number of piperidine rings is 1. The molecule has 0 aromatic carbocycles. The molecule has 2 unspecified atom stereocenters. The van der Waals surface area contributed by atoms with Crippen LogP contribution >= 0.6 is 0 Å². The highest BCUT2D eigenvalue weighted by molar-refractivity contribution is 5.03. The minimum atomic E-state index is 0.499. The van der Waals surface area contributed by atoms with Crippen molar-refractivity contribution < 1.29 is 4.52 Å². The number of rotatable bonds is 4. The summed E-state index contributed by atoms with van der Waals surface area (Å²) in [4.78, 5) is 2.44. The largest absolute Gasteiger partial charge is 0.360 e. The van der Waals surface area contributed by atoms with Crippen molar-refractivity contribution in [1.29, 1.82) is 0 Å². The molecule has 0 bridgehead atoms. The first-order chi connectivity index (χ1) is 8.22. The fourth-order valence-corrected chi connectivity index (χ4v) is 2.70. The molecule has 1 aliphatic rings. The van der Waals surface area contributed by atoms with Gasteiger partial charge in [0.05, 0.1) is 12.2 Å². The molecule has 96 valence electrons. The van der Waals surface area contributed by atoms with E-state index in [9.17, 15) is 0 Å². The second kappa shape index (κ2) is 5.65. The van der Waals surface area contributed by atoms with Gasteiger partial charge in [-0.2, -0.15) is 0 Å². The van der Waals surface area contributed by atoms with Gasteiger partial charge in [-0.1, -0.05) is 18.5 Å². The molecule has 0 aliphatic carbocycles. The maximum atomic E-state index is 5.88. The standard InChI is InChI=1S/C13H23N3O/c1-3-11-4-5-16(12(7-11)8-14)9-13-6-10(2)15-17-13/h6,11-12H,3-5,7-9,14H2,1-2H3. The molecule has 1 aromatic heterocycles. The van der Waals surface area contributed by atoms with Crippen LogP contribution in [0, 0.1) is 12.8 Å². The number of likely N-dealkylation sites (tertiary alicyclic amines) is 1. The smallest absolute Gasteiger partial charge is 0.150 e. The maximum Gasteiger partial charge on any atom is 0.150 e. The molecule has 4 heteroatoms. The highest BCUT2D eigenvalue weighted by Gasteiger charge is 2.27. The lowest BCUT2D eigenvalue weighted by Crippen LogP contribution is -2.45. The molecule has 1 saturated heterocycles. The molecule has 2 N–H and O–H groups in total. The van der Waals surface area contributed by atoms with Gasteiger partial charge >= 0.3 is 0 Å². The van der Waals surface area contributed by atoms with Crippen molar-refractivity contribution in [3.63, 3.8) is 0 Å². The predicted molar refractivity (Wildman–Crippen MR) is 67.5 cm³/mol. The molecular weight excluding hydrogens is 214 g/mol. The van der Waals surface area contributed by atoms with Crippen molar-refractivity contribution in [2.75, 3.05) is 13.1 Å². The van der Waals surface area contributed by atoms with E-state index in [2.05, 4.69) is 17.0 Å². The van der Waals surface area contributed by atoms with E-state index in [0.29, 0.717) is 6.04 Å². The lowest BCUT2D eigenvalue weighted by atomic mass is 9.89. The zero-order chi connectivity index (χ0) is 12.3. The second-order valence-electron chi connectivity index (χ2n) is 5.09. The summed E-state index contributed by atoms with van der Waals surface area (Å²) in [5, 5.41) is 3.93. The van der Waals surface area contributed by atoms with Crippen LogP contribution in [0.5, 0.6) is 0 Å². The van der Waals surface area contributed by atoms with Gasteiger partial charge in [-0.05, 0) is 32.2 Å². The van der Waals surface area contributed by atoms with Gasteiger partial charge in [0.2, 0.25) is 0 Å². The first kappa shape index (κ1) is 12.6. The highest BCUT2D eigenvalue weighted by Crippen LogP contribution is 2.26. The van der Waals surface area contributed by atoms with Crippen LogP contribution in [0.2, 0.25) is 0 Å². The Balaban J connectivity index is 1.95. The van der Waals surface area contributed by atoms with Crippen LogP contribution in [-0.4, -0.2) is 29.2 Å². The number of nitrogens with two attached hydrogens (primary N) is 1. The summed E-state index contributed by atoms with van der Waals surface area (Å²) in [6.07, 6.45) is 3.77. The minimum absolute atomic E-state index is 0.499. The molecule has 1 aromatic rings. The average Bonchev–Trinajstić information content (AvgIpc) is 2.75. The van der Waals surface area contributed by atoms with Gasteiger partial charge in [-0.25, -0.2) is 0 Å². The van der Waals surface area contributed by atoms with Crippen LogP contribution < -0.4 is 5.73 Å². The Morgan fingerprint density at radius 2 is 2.41 bits per heavy atom. The summed E-state index contributed by atoms with van der Waals surface area (Å²) in [5.74, 6) is 1.80. The molecule has 0 radical (unpaired) electrons. The third-order valence-electron chi connectivity index (χ3n) is 3.83. The first-order valence-corrected chi connectivity index (χ1v) is 6.59. The maximum absolute atomic E-state index is 5.88. The quantitative estimate of drug-likeness (QED) is 0.869. The van der Waals surface area contributed by atoms with E-state index >= 15 is 0 Å². The summed E-state index contributed by atoms with van der Waals surface area (Å²) in [5.41, 5.74) is 6.83. The molecule has 2 atom stereocenters. The molecule has 0 spiro atoms. The van der Waals surface area contributed by atoms with Gasteiger partial charge < -0.3 is 10.3 Å². The van der Waals surface area contributed by atoms with Crippen molar-refractivity contribution >= 4 is 0 Å². The van der Waals surface area contributed by atoms with E-state index in [1.807, 2.05) is 13.0 Å². The first-order valence-electron chi connectivity index (χ1n) is 6.59. The minimum Gasteiger partial charge on any atom is -0.360 e. The lowest BCUT2D eigenvalue weighted by molar-refractivity contribution is 0.0972. The summed E-state index contributed by atoms with van der Waals surface area (Å²) >= 11 is 0. The Morgan fingerprint density at radius 3 is 3.00 bits per heavy atom. The molecule has 4 nitrogen and oxygen atoms in total. The van der Waals surface area contributed by atoms with Crippen molar-refractivity contribution in [1.82, 2.24) is 10.1 Å². The Labute approximate surface area is 103 Å². The summed E-state index contributed by atoms with van der Waals surface area (Å²) in [7, 11) is 0. The number of aryl methyl sites for hydroxylation is 1.